The number of hydrogen-bond donors (Lipinski definition) is 0. The van der Waals surface area contributed by atoms with E-state index in [2.05, 4.69) is 15.1 Å². The highest BCUT2D eigenvalue weighted by atomic mass is 16.5. The number of carbonyl (C=O) groups is 1. The number of carbonyl (C=O) groups excluding carboxylic acids is 1. The highest BCUT2D eigenvalue weighted by Crippen LogP contribution is 2.19. The van der Waals surface area contributed by atoms with E-state index in [4.69, 9.17) is 4.52 Å². The van der Waals surface area contributed by atoms with Crippen molar-refractivity contribution in [3.63, 3.8) is 0 Å². The molecule has 0 unspecified atom stereocenters. The van der Waals surface area contributed by atoms with Crippen molar-refractivity contribution in [2.75, 3.05) is 0 Å². The number of aromatic nitrogens is 4. The highest BCUT2D eigenvalue weighted by Gasteiger charge is 2.15. The maximum atomic E-state index is 10.9. The first-order valence-corrected chi connectivity index (χ1v) is 5.02. The molecule has 0 fully saturated rings. The van der Waals surface area contributed by atoms with Crippen molar-refractivity contribution in [3.05, 3.63) is 36.0 Å². The van der Waals surface area contributed by atoms with Gasteiger partial charge in [-0.3, -0.25) is 9.20 Å². The fourth-order valence-electron chi connectivity index (χ4n) is 1.70. The summed E-state index contributed by atoms with van der Waals surface area (Å²) in [6, 6.07) is 5.50. The summed E-state index contributed by atoms with van der Waals surface area (Å²) in [5, 5.41) is 3.80. The number of aryl methyl sites for hydroxylation is 1. The predicted octanol–water partition coefficient (Wildman–Crippen LogP) is 1.51. The van der Waals surface area contributed by atoms with E-state index in [1.807, 2.05) is 18.2 Å². The van der Waals surface area contributed by atoms with Crippen LogP contribution in [-0.2, 0) is 0 Å². The fraction of sp³-hybridized carbons (Fsp3) is 0.0909. The summed E-state index contributed by atoms with van der Waals surface area (Å²) in [5.41, 5.74) is 1.09. The van der Waals surface area contributed by atoms with Crippen LogP contribution in [0, 0.1) is 6.92 Å². The van der Waals surface area contributed by atoms with Crippen LogP contribution < -0.4 is 0 Å². The van der Waals surface area contributed by atoms with Crippen molar-refractivity contribution in [1.29, 1.82) is 0 Å². The summed E-state index contributed by atoms with van der Waals surface area (Å²) in [5.74, 6) is 1.33. The normalized spacial score (nSPS) is 10.9. The van der Waals surface area contributed by atoms with Gasteiger partial charge in [-0.25, -0.2) is 4.98 Å². The van der Waals surface area contributed by atoms with Gasteiger partial charge in [0, 0.05) is 13.1 Å². The third-order valence-electron chi connectivity index (χ3n) is 2.42. The van der Waals surface area contributed by atoms with Crippen LogP contribution in [0.4, 0.5) is 0 Å². The van der Waals surface area contributed by atoms with Crippen molar-refractivity contribution < 1.29 is 9.32 Å². The van der Waals surface area contributed by atoms with E-state index in [0.717, 1.165) is 5.52 Å². The first-order valence-electron chi connectivity index (χ1n) is 5.02. The van der Waals surface area contributed by atoms with Crippen LogP contribution in [0.25, 0.3) is 17.2 Å². The Kier molecular flexibility index (Phi) is 2.01. The lowest BCUT2D eigenvalue weighted by atomic mass is 10.3. The topological polar surface area (TPSA) is 73.3 Å². The molecule has 0 spiro atoms. The Bertz CT molecular complexity index is 698. The van der Waals surface area contributed by atoms with Gasteiger partial charge in [-0.05, 0) is 12.1 Å². The minimum absolute atomic E-state index is 0.364. The predicted molar refractivity (Wildman–Crippen MR) is 58.6 cm³/mol. The van der Waals surface area contributed by atoms with Gasteiger partial charge in [-0.2, -0.15) is 4.98 Å². The molecule has 0 bridgehead atoms. The molecule has 3 rings (SSSR count). The van der Waals surface area contributed by atoms with Gasteiger partial charge < -0.3 is 4.52 Å². The Hall–Kier alpha value is -2.50. The molecule has 0 amide bonds. The molecule has 17 heavy (non-hydrogen) atoms. The van der Waals surface area contributed by atoms with Gasteiger partial charge in [0.05, 0.1) is 5.52 Å². The average Bonchev–Trinajstić information content (AvgIpc) is 2.92. The van der Waals surface area contributed by atoms with Gasteiger partial charge >= 0.3 is 0 Å². The molecule has 0 atom stereocenters. The van der Waals surface area contributed by atoms with E-state index in [1.165, 1.54) is 0 Å². The molecule has 0 saturated carbocycles. The number of nitrogens with zero attached hydrogens (tertiary/aromatic N) is 4. The molecule has 0 aliphatic rings. The molecule has 6 heteroatoms. The van der Waals surface area contributed by atoms with Crippen molar-refractivity contribution in [2.45, 2.75) is 6.92 Å². The van der Waals surface area contributed by atoms with E-state index in [-0.39, 0.29) is 0 Å². The molecule has 3 aromatic heterocycles. The van der Waals surface area contributed by atoms with Gasteiger partial charge in [0.25, 0.3) is 0 Å². The van der Waals surface area contributed by atoms with E-state index in [0.29, 0.717) is 29.5 Å². The van der Waals surface area contributed by atoms with E-state index in [9.17, 15) is 4.79 Å². The number of rotatable bonds is 2. The maximum absolute atomic E-state index is 10.9. The molecule has 0 saturated heterocycles. The molecule has 3 heterocycles. The Labute approximate surface area is 95.9 Å². The zero-order valence-corrected chi connectivity index (χ0v) is 8.99. The number of aldehydes is 1. The van der Waals surface area contributed by atoms with Crippen LogP contribution >= 0.6 is 0 Å². The molecule has 0 aromatic carbocycles. The number of imidazole rings is 1. The summed E-state index contributed by atoms with van der Waals surface area (Å²) in [6.45, 7) is 1.70. The van der Waals surface area contributed by atoms with Gasteiger partial charge in [0.2, 0.25) is 11.7 Å². The number of pyridine rings is 1. The van der Waals surface area contributed by atoms with Crippen LogP contribution in [0.15, 0.2) is 28.9 Å². The zero-order chi connectivity index (χ0) is 11.8. The first-order chi connectivity index (χ1) is 8.29. The quantitative estimate of drug-likeness (QED) is 0.621. The second-order valence-electron chi connectivity index (χ2n) is 3.53. The molecule has 0 radical (unpaired) electrons. The lowest BCUT2D eigenvalue weighted by Gasteiger charge is -1.94. The Morgan fingerprint density at radius 1 is 1.35 bits per heavy atom. The smallest absolute Gasteiger partial charge is 0.238 e. The Morgan fingerprint density at radius 2 is 2.24 bits per heavy atom. The molecular formula is C11H8N4O2. The van der Waals surface area contributed by atoms with Crippen LogP contribution in [0.3, 0.4) is 0 Å². The van der Waals surface area contributed by atoms with Crippen molar-refractivity contribution in [3.8, 4) is 11.6 Å². The average molecular weight is 228 g/mol. The summed E-state index contributed by atoms with van der Waals surface area (Å²) in [6.07, 6.45) is 2.52. The number of hydrogen-bond acceptors (Lipinski definition) is 5. The van der Waals surface area contributed by atoms with E-state index >= 15 is 0 Å². The minimum atomic E-state index is 0.364. The number of fused-ring (bicyclic) bond motifs is 1. The Balaban J connectivity index is 2.33. The summed E-state index contributed by atoms with van der Waals surface area (Å²) >= 11 is 0. The van der Waals surface area contributed by atoms with Gasteiger partial charge in [-0.1, -0.05) is 11.2 Å². The van der Waals surface area contributed by atoms with Crippen LogP contribution in [0.1, 0.15) is 16.4 Å². The van der Waals surface area contributed by atoms with Gasteiger partial charge in [0.15, 0.2) is 12.1 Å². The molecule has 0 aliphatic heterocycles. The zero-order valence-electron chi connectivity index (χ0n) is 8.99. The fourth-order valence-corrected chi connectivity index (χ4v) is 1.70. The van der Waals surface area contributed by atoms with Gasteiger partial charge in [-0.15, -0.1) is 0 Å². The summed E-state index contributed by atoms with van der Waals surface area (Å²) in [4.78, 5) is 19.2. The second-order valence-corrected chi connectivity index (χ2v) is 3.53. The Morgan fingerprint density at radius 3 is 2.94 bits per heavy atom. The van der Waals surface area contributed by atoms with Crippen molar-refractivity contribution in [2.24, 2.45) is 0 Å². The lowest BCUT2D eigenvalue weighted by molar-refractivity contribution is 0.112. The minimum Gasteiger partial charge on any atom is -0.339 e. The molecule has 3 aromatic rings. The van der Waals surface area contributed by atoms with Crippen LogP contribution in [-0.4, -0.2) is 25.8 Å². The van der Waals surface area contributed by atoms with Crippen molar-refractivity contribution in [1.82, 2.24) is 19.5 Å². The summed E-state index contributed by atoms with van der Waals surface area (Å²) in [7, 11) is 0. The second kappa shape index (κ2) is 3.51. The highest BCUT2D eigenvalue weighted by molar-refractivity contribution is 5.85. The standard InChI is InChI=1S/C11H8N4O2/c1-7-12-10(14-17-7)11-13-8(6-16)9-4-2-3-5-15(9)11/h2-6H,1H3. The lowest BCUT2D eigenvalue weighted by Crippen LogP contribution is -1.90. The first kappa shape index (κ1) is 9.71. The largest absolute Gasteiger partial charge is 0.339 e. The molecular weight excluding hydrogens is 220 g/mol. The third kappa shape index (κ3) is 1.42. The monoisotopic (exact) mass is 228 g/mol. The maximum Gasteiger partial charge on any atom is 0.238 e. The molecule has 6 nitrogen and oxygen atoms in total. The SMILES string of the molecule is Cc1nc(-c2nc(C=O)c3ccccn23)no1. The summed E-state index contributed by atoms with van der Waals surface area (Å²) < 4.78 is 6.67. The van der Waals surface area contributed by atoms with Crippen LogP contribution in [0.5, 0.6) is 0 Å². The van der Waals surface area contributed by atoms with E-state index in [1.54, 1.807) is 17.5 Å². The molecule has 0 N–H and O–H groups in total. The molecule has 0 aliphatic carbocycles. The van der Waals surface area contributed by atoms with E-state index < -0.39 is 0 Å². The van der Waals surface area contributed by atoms with Crippen LogP contribution in [0.2, 0.25) is 0 Å². The van der Waals surface area contributed by atoms with Crippen molar-refractivity contribution >= 4 is 11.8 Å². The molecule has 84 valence electrons. The third-order valence-corrected chi connectivity index (χ3v) is 2.42. The van der Waals surface area contributed by atoms with Gasteiger partial charge in [0.1, 0.15) is 5.69 Å².